The summed E-state index contributed by atoms with van der Waals surface area (Å²) in [6.45, 7) is 3.69. The normalized spacial score (nSPS) is 15.3. The van der Waals surface area contributed by atoms with E-state index in [2.05, 4.69) is 10.2 Å². The number of nitrogens with one attached hydrogen (secondary N) is 1. The molecule has 2 aromatic rings. The first kappa shape index (κ1) is 21.4. The van der Waals surface area contributed by atoms with Gasteiger partial charge in [-0.2, -0.15) is 0 Å². The van der Waals surface area contributed by atoms with Gasteiger partial charge in [0.25, 0.3) is 5.69 Å². The van der Waals surface area contributed by atoms with Crippen molar-refractivity contribution >= 4 is 40.5 Å². The molecular weight excluding hydrogens is 422 g/mol. The molecule has 1 heterocycles. The average Bonchev–Trinajstić information content (AvgIpc) is 2.68. The molecule has 1 amide bonds. The summed E-state index contributed by atoms with van der Waals surface area (Å²) in [4.78, 5) is 26.8. The molecule has 0 aliphatic carbocycles. The van der Waals surface area contributed by atoms with Gasteiger partial charge in [0, 0.05) is 44.9 Å². The van der Waals surface area contributed by atoms with Gasteiger partial charge in [-0.15, -0.1) is 0 Å². The van der Waals surface area contributed by atoms with Crippen molar-refractivity contribution in [3.63, 3.8) is 0 Å². The summed E-state index contributed by atoms with van der Waals surface area (Å²) < 4.78 is 13.3. The number of hydrogen-bond acceptors (Lipinski definition) is 5. The van der Waals surface area contributed by atoms with Crippen molar-refractivity contribution in [3.05, 3.63) is 67.9 Å². The summed E-state index contributed by atoms with van der Waals surface area (Å²) in [6, 6.07) is 8.61. The van der Waals surface area contributed by atoms with Crippen molar-refractivity contribution < 1.29 is 14.1 Å². The minimum Gasteiger partial charge on any atom is -0.323 e. The second-order valence-electron chi connectivity index (χ2n) is 6.77. The van der Waals surface area contributed by atoms with Crippen LogP contribution < -0.4 is 5.32 Å². The highest BCUT2D eigenvalue weighted by molar-refractivity contribution is 6.33. The molecule has 0 bridgehead atoms. The molecule has 1 saturated heterocycles. The molecular formula is C19H19Cl2FN4O3. The van der Waals surface area contributed by atoms with Crippen LogP contribution in [0.15, 0.2) is 36.4 Å². The van der Waals surface area contributed by atoms with Gasteiger partial charge in [0.15, 0.2) is 0 Å². The summed E-state index contributed by atoms with van der Waals surface area (Å²) in [6.07, 6.45) is 0. The molecule has 29 heavy (non-hydrogen) atoms. The highest BCUT2D eigenvalue weighted by Gasteiger charge is 2.20. The molecule has 1 aliphatic heterocycles. The number of nitro benzene ring substituents is 1. The maximum atomic E-state index is 13.3. The number of nitrogens with zero attached hydrogens (tertiary/aromatic N) is 3. The maximum absolute atomic E-state index is 13.3. The Labute approximate surface area is 177 Å². The Morgan fingerprint density at radius 3 is 2.41 bits per heavy atom. The molecule has 0 saturated carbocycles. The topological polar surface area (TPSA) is 78.7 Å². The first-order valence-corrected chi connectivity index (χ1v) is 9.70. The third-order valence-corrected chi connectivity index (χ3v) is 5.28. The summed E-state index contributed by atoms with van der Waals surface area (Å²) in [5, 5.41) is 13.9. The lowest BCUT2D eigenvalue weighted by molar-refractivity contribution is -0.384. The quantitative estimate of drug-likeness (QED) is 0.545. The molecule has 0 atom stereocenters. The predicted octanol–water partition coefficient (Wildman–Crippen LogP) is 3.80. The lowest BCUT2D eigenvalue weighted by Gasteiger charge is -2.34. The summed E-state index contributed by atoms with van der Waals surface area (Å²) in [5.74, 6) is -0.721. The molecule has 0 unspecified atom stereocenters. The Kier molecular flexibility index (Phi) is 7.02. The van der Waals surface area contributed by atoms with Gasteiger partial charge in [0.1, 0.15) is 5.82 Å². The van der Waals surface area contributed by atoms with Crippen LogP contribution in [0.4, 0.5) is 15.8 Å². The molecule has 0 spiro atoms. The Balaban J connectivity index is 1.49. The SMILES string of the molecule is O=C(CN1CCN(Cc2ccc(F)c(Cl)c2)CC1)Nc1cc([N+](=O)[O-])ccc1Cl. The summed E-state index contributed by atoms with van der Waals surface area (Å²) in [5.41, 5.74) is 1.01. The van der Waals surface area contributed by atoms with E-state index in [1.54, 1.807) is 12.1 Å². The van der Waals surface area contributed by atoms with Crippen LogP contribution in [0.5, 0.6) is 0 Å². The number of benzene rings is 2. The van der Waals surface area contributed by atoms with Crippen molar-refractivity contribution in [3.8, 4) is 0 Å². The monoisotopic (exact) mass is 440 g/mol. The zero-order valence-electron chi connectivity index (χ0n) is 15.4. The molecule has 0 radical (unpaired) electrons. The van der Waals surface area contributed by atoms with E-state index in [1.165, 1.54) is 24.3 Å². The Bertz CT molecular complexity index is 920. The summed E-state index contributed by atoms with van der Waals surface area (Å²) >= 11 is 11.8. The van der Waals surface area contributed by atoms with E-state index in [9.17, 15) is 19.3 Å². The van der Waals surface area contributed by atoms with Crippen LogP contribution in [-0.2, 0) is 11.3 Å². The minimum atomic E-state index is -0.542. The number of hydrogen-bond donors (Lipinski definition) is 1. The van der Waals surface area contributed by atoms with E-state index in [0.717, 1.165) is 18.7 Å². The van der Waals surface area contributed by atoms with E-state index in [0.29, 0.717) is 19.6 Å². The fraction of sp³-hybridized carbons (Fsp3) is 0.316. The molecule has 1 aliphatic rings. The Hall–Kier alpha value is -2.26. The molecule has 1 fully saturated rings. The van der Waals surface area contributed by atoms with Gasteiger partial charge in [-0.3, -0.25) is 24.7 Å². The van der Waals surface area contributed by atoms with Crippen molar-refractivity contribution in [1.82, 2.24) is 9.80 Å². The summed E-state index contributed by atoms with van der Waals surface area (Å²) in [7, 11) is 0. The van der Waals surface area contributed by atoms with Gasteiger partial charge in [-0.1, -0.05) is 29.3 Å². The Morgan fingerprint density at radius 2 is 1.76 bits per heavy atom. The van der Waals surface area contributed by atoms with Crippen LogP contribution in [0.25, 0.3) is 0 Å². The number of rotatable bonds is 6. The number of nitro groups is 1. The van der Waals surface area contributed by atoms with E-state index in [4.69, 9.17) is 23.2 Å². The van der Waals surface area contributed by atoms with Crippen molar-refractivity contribution in [2.75, 3.05) is 38.0 Å². The Morgan fingerprint density at radius 1 is 1.07 bits per heavy atom. The first-order valence-electron chi connectivity index (χ1n) is 8.94. The smallest absolute Gasteiger partial charge is 0.271 e. The number of halogens is 3. The molecule has 7 nitrogen and oxygen atoms in total. The van der Waals surface area contributed by atoms with Gasteiger partial charge in [-0.05, 0) is 23.8 Å². The average molecular weight is 441 g/mol. The lowest BCUT2D eigenvalue weighted by atomic mass is 10.2. The van der Waals surface area contributed by atoms with Crippen LogP contribution in [-0.4, -0.2) is 53.4 Å². The van der Waals surface area contributed by atoms with Crippen LogP contribution in [0.1, 0.15) is 5.56 Å². The zero-order valence-corrected chi connectivity index (χ0v) is 16.9. The largest absolute Gasteiger partial charge is 0.323 e. The molecule has 1 N–H and O–H groups in total. The standard InChI is InChI=1S/C19H19Cl2FN4O3/c20-15-3-2-14(26(28)29)10-18(15)23-19(27)12-25-7-5-24(6-8-25)11-13-1-4-17(22)16(21)9-13/h1-4,9-10H,5-8,11-12H2,(H,23,27). The van der Waals surface area contributed by atoms with Gasteiger partial charge < -0.3 is 5.32 Å². The maximum Gasteiger partial charge on any atom is 0.271 e. The molecule has 2 aromatic carbocycles. The molecule has 154 valence electrons. The number of non-ortho nitro benzene ring substituents is 1. The van der Waals surface area contributed by atoms with E-state index < -0.39 is 10.7 Å². The van der Waals surface area contributed by atoms with Gasteiger partial charge in [0.2, 0.25) is 5.91 Å². The van der Waals surface area contributed by atoms with Crippen molar-refractivity contribution in [2.24, 2.45) is 0 Å². The number of carbonyl (C=O) groups is 1. The lowest BCUT2D eigenvalue weighted by Crippen LogP contribution is -2.48. The van der Waals surface area contributed by atoms with E-state index in [-0.39, 0.29) is 33.9 Å². The third-order valence-electron chi connectivity index (χ3n) is 4.66. The fourth-order valence-corrected chi connectivity index (χ4v) is 3.49. The minimum absolute atomic E-state index is 0.109. The number of amides is 1. The second kappa shape index (κ2) is 9.49. The van der Waals surface area contributed by atoms with Crippen LogP contribution in [0, 0.1) is 15.9 Å². The molecule has 10 heteroatoms. The predicted molar refractivity (Wildman–Crippen MR) is 110 cm³/mol. The number of anilines is 1. The highest BCUT2D eigenvalue weighted by atomic mass is 35.5. The van der Waals surface area contributed by atoms with E-state index in [1.807, 2.05) is 4.90 Å². The second-order valence-corrected chi connectivity index (χ2v) is 7.58. The van der Waals surface area contributed by atoms with Crippen molar-refractivity contribution in [1.29, 1.82) is 0 Å². The third kappa shape index (κ3) is 5.86. The fourth-order valence-electron chi connectivity index (χ4n) is 3.12. The van der Waals surface area contributed by atoms with Gasteiger partial charge >= 0.3 is 0 Å². The molecule has 3 rings (SSSR count). The highest BCUT2D eigenvalue weighted by Crippen LogP contribution is 2.26. The van der Waals surface area contributed by atoms with Crippen LogP contribution in [0.2, 0.25) is 10.0 Å². The van der Waals surface area contributed by atoms with E-state index >= 15 is 0 Å². The van der Waals surface area contributed by atoms with Crippen molar-refractivity contribution in [2.45, 2.75) is 6.54 Å². The zero-order chi connectivity index (χ0) is 21.0. The number of piperazine rings is 1. The van der Waals surface area contributed by atoms with Crippen LogP contribution in [0.3, 0.4) is 0 Å². The molecule has 0 aromatic heterocycles. The first-order chi connectivity index (χ1) is 13.8. The van der Waals surface area contributed by atoms with Gasteiger partial charge in [0.05, 0.1) is 27.2 Å². The van der Waals surface area contributed by atoms with Crippen LogP contribution >= 0.6 is 23.2 Å². The van der Waals surface area contributed by atoms with Gasteiger partial charge in [-0.25, -0.2) is 4.39 Å². The number of carbonyl (C=O) groups excluding carboxylic acids is 1.